The van der Waals surface area contributed by atoms with Crippen molar-refractivity contribution in [2.75, 3.05) is 0 Å². The van der Waals surface area contributed by atoms with Crippen molar-refractivity contribution < 1.29 is 0 Å². The fourth-order valence-corrected chi connectivity index (χ4v) is 0.633. The molecule has 0 atom stereocenters. The first kappa shape index (κ1) is 4.43. The molecule has 0 fully saturated rings. The van der Waals surface area contributed by atoms with Gasteiger partial charge in [-0.15, -0.1) is 10.2 Å². The maximum atomic E-state index is 3.88. The summed E-state index contributed by atoms with van der Waals surface area (Å²) in [6, 6.07) is 3.62. The fraction of sp³-hybridized carbons (Fsp3) is 0. The summed E-state index contributed by atoms with van der Waals surface area (Å²) in [7, 11) is 0. The summed E-state index contributed by atoms with van der Waals surface area (Å²) in [6.07, 6.45) is 4.22. The van der Waals surface area contributed by atoms with E-state index in [1.807, 2.05) is 6.07 Å². The van der Waals surface area contributed by atoms with Crippen LogP contribution in [0.25, 0.3) is 5.65 Å². The average Bonchev–Trinajstić information content (AvgIpc) is 2.33. The van der Waals surface area contributed by atoms with Gasteiger partial charge in [-0.2, -0.15) is 9.61 Å². The van der Waals surface area contributed by atoms with Crippen molar-refractivity contribution in [3.8, 4) is 0 Å². The van der Waals surface area contributed by atoms with E-state index in [1.165, 1.54) is 4.52 Å². The van der Waals surface area contributed by atoms with E-state index >= 15 is 0 Å². The van der Waals surface area contributed by atoms with Gasteiger partial charge in [0, 0.05) is 6.20 Å². The lowest BCUT2D eigenvalue weighted by molar-refractivity contribution is 0.917. The molecule has 2 aromatic rings. The molecule has 1 radical (unpaired) electrons. The largest absolute Gasteiger partial charge is 0.224 e. The quantitative estimate of drug-likeness (QED) is 0.487. The SMILES string of the molecule is [c]1nnc2cccnn12. The highest BCUT2D eigenvalue weighted by Crippen LogP contribution is 1.90. The van der Waals surface area contributed by atoms with Crippen molar-refractivity contribution in [3.63, 3.8) is 0 Å². The first-order valence-corrected chi connectivity index (χ1v) is 2.51. The Bertz CT molecular complexity index is 283. The van der Waals surface area contributed by atoms with E-state index in [2.05, 4.69) is 21.6 Å². The normalized spacial score (nSPS) is 10.2. The van der Waals surface area contributed by atoms with Crippen LogP contribution in [-0.4, -0.2) is 19.8 Å². The molecule has 0 saturated carbocycles. The van der Waals surface area contributed by atoms with Crippen LogP contribution in [0.2, 0.25) is 0 Å². The molecule has 0 N–H and O–H groups in total. The van der Waals surface area contributed by atoms with Crippen LogP contribution in [0.15, 0.2) is 18.3 Å². The maximum Gasteiger partial charge on any atom is 0.224 e. The number of aromatic nitrogens is 4. The Morgan fingerprint density at radius 3 is 3.44 bits per heavy atom. The summed E-state index contributed by atoms with van der Waals surface area (Å²) in [5.41, 5.74) is 0.720. The fourth-order valence-electron chi connectivity index (χ4n) is 0.633. The highest BCUT2D eigenvalue weighted by atomic mass is 15.3. The lowest BCUT2D eigenvalue weighted by Crippen LogP contribution is -1.86. The minimum Gasteiger partial charge on any atom is -0.190 e. The van der Waals surface area contributed by atoms with Crippen LogP contribution in [0.5, 0.6) is 0 Å². The minimum atomic E-state index is 0.720. The van der Waals surface area contributed by atoms with Crippen molar-refractivity contribution in [1.82, 2.24) is 19.8 Å². The zero-order chi connectivity index (χ0) is 6.10. The van der Waals surface area contributed by atoms with Crippen LogP contribution in [0.4, 0.5) is 0 Å². The van der Waals surface area contributed by atoms with Crippen molar-refractivity contribution in [1.29, 1.82) is 0 Å². The summed E-state index contributed by atoms with van der Waals surface area (Å²) in [5.74, 6) is 0. The van der Waals surface area contributed by atoms with Crippen LogP contribution in [0, 0.1) is 6.33 Å². The predicted molar refractivity (Wildman–Crippen MR) is 29.6 cm³/mol. The van der Waals surface area contributed by atoms with Crippen molar-refractivity contribution in [2.24, 2.45) is 0 Å². The number of nitrogens with zero attached hydrogens (tertiary/aromatic N) is 4. The molecular formula is C5H3N4. The number of rotatable bonds is 0. The van der Waals surface area contributed by atoms with Gasteiger partial charge in [0.2, 0.25) is 6.33 Å². The molecule has 9 heavy (non-hydrogen) atoms. The second-order valence-corrected chi connectivity index (χ2v) is 1.59. The smallest absolute Gasteiger partial charge is 0.190 e. The molecule has 0 aromatic carbocycles. The summed E-state index contributed by atoms with van der Waals surface area (Å²) >= 11 is 0. The van der Waals surface area contributed by atoms with Crippen LogP contribution in [0.1, 0.15) is 0 Å². The summed E-state index contributed by atoms with van der Waals surface area (Å²) in [6.45, 7) is 0. The van der Waals surface area contributed by atoms with Gasteiger partial charge in [0.15, 0.2) is 5.65 Å². The Hall–Kier alpha value is -1.45. The summed E-state index contributed by atoms with van der Waals surface area (Å²) < 4.78 is 1.49. The van der Waals surface area contributed by atoms with E-state index in [0.29, 0.717) is 0 Å². The highest BCUT2D eigenvalue weighted by molar-refractivity contribution is 5.32. The Labute approximate surface area is 51.1 Å². The van der Waals surface area contributed by atoms with Gasteiger partial charge < -0.3 is 0 Å². The summed E-state index contributed by atoms with van der Waals surface area (Å²) in [4.78, 5) is 0. The van der Waals surface area contributed by atoms with E-state index in [-0.39, 0.29) is 0 Å². The number of hydrogen-bond acceptors (Lipinski definition) is 3. The highest BCUT2D eigenvalue weighted by Gasteiger charge is 1.89. The van der Waals surface area contributed by atoms with Gasteiger partial charge in [-0.05, 0) is 12.1 Å². The molecule has 0 unspecified atom stereocenters. The monoisotopic (exact) mass is 119 g/mol. The first-order chi connectivity index (χ1) is 4.47. The van der Waals surface area contributed by atoms with E-state index in [0.717, 1.165) is 5.65 Å². The van der Waals surface area contributed by atoms with E-state index in [1.54, 1.807) is 12.3 Å². The number of hydrogen-bond donors (Lipinski definition) is 0. The van der Waals surface area contributed by atoms with Gasteiger partial charge >= 0.3 is 0 Å². The van der Waals surface area contributed by atoms with Crippen molar-refractivity contribution in [2.45, 2.75) is 0 Å². The van der Waals surface area contributed by atoms with Crippen LogP contribution < -0.4 is 0 Å². The Kier molecular flexibility index (Phi) is 0.745. The average molecular weight is 119 g/mol. The molecule has 4 heteroatoms. The predicted octanol–water partition coefficient (Wildman–Crippen LogP) is -0.0755. The van der Waals surface area contributed by atoms with Gasteiger partial charge in [0.25, 0.3) is 0 Å². The molecule has 2 heterocycles. The third-order valence-corrected chi connectivity index (χ3v) is 1.02. The molecule has 0 spiro atoms. The Morgan fingerprint density at radius 2 is 2.56 bits per heavy atom. The van der Waals surface area contributed by atoms with Gasteiger partial charge in [0.1, 0.15) is 0 Å². The Balaban J connectivity index is 2.95. The second-order valence-electron chi connectivity index (χ2n) is 1.59. The Morgan fingerprint density at radius 1 is 1.56 bits per heavy atom. The second kappa shape index (κ2) is 1.51. The minimum absolute atomic E-state index is 0.720. The molecule has 0 bridgehead atoms. The molecule has 2 aromatic heterocycles. The molecule has 2 rings (SSSR count). The molecule has 43 valence electrons. The van der Waals surface area contributed by atoms with Crippen molar-refractivity contribution >= 4 is 5.65 Å². The van der Waals surface area contributed by atoms with Gasteiger partial charge in [-0.1, -0.05) is 0 Å². The van der Waals surface area contributed by atoms with Crippen LogP contribution in [-0.2, 0) is 0 Å². The molecule has 0 amide bonds. The van der Waals surface area contributed by atoms with Crippen LogP contribution in [0.3, 0.4) is 0 Å². The molecule has 0 aliphatic carbocycles. The standard InChI is InChI=1S/C5H3N4/c1-2-5-8-6-4-9(5)7-3-1/h1-3H. The number of fused-ring (bicyclic) bond motifs is 1. The third kappa shape index (κ3) is 0.561. The lowest BCUT2D eigenvalue weighted by Gasteiger charge is -1.82. The maximum absolute atomic E-state index is 3.88. The van der Waals surface area contributed by atoms with E-state index in [4.69, 9.17) is 0 Å². The molecule has 0 aliphatic rings. The molecule has 4 nitrogen and oxygen atoms in total. The van der Waals surface area contributed by atoms with E-state index < -0.39 is 0 Å². The van der Waals surface area contributed by atoms with Gasteiger partial charge in [-0.3, -0.25) is 0 Å². The molecular weight excluding hydrogens is 116 g/mol. The van der Waals surface area contributed by atoms with Crippen LogP contribution >= 0.6 is 0 Å². The third-order valence-electron chi connectivity index (χ3n) is 1.02. The van der Waals surface area contributed by atoms with Crippen molar-refractivity contribution in [3.05, 3.63) is 24.7 Å². The first-order valence-electron chi connectivity index (χ1n) is 2.51. The van der Waals surface area contributed by atoms with E-state index in [9.17, 15) is 0 Å². The zero-order valence-electron chi connectivity index (χ0n) is 4.52. The zero-order valence-corrected chi connectivity index (χ0v) is 4.52. The molecule has 0 aliphatic heterocycles. The van der Waals surface area contributed by atoms with Gasteiger partial charge in [0.05, 0.1) is 0 Å². The summed E-state index contributed by atoms with van der Waals surface area (Å²) in [5, 5.41) is 11.1. The lowest BCUT2D eigenvalue weighted by atomic mass is 10.6. The van der Waals surface area contributed by atoms with Gasteiger partial charge in [-0.25, -0.2) is 0 Å². The molecule has 0 saturated heterocycles. The topological polar surface area (TPSA) is 43.1 Å².